The third kappa shape index (κ3) is 3.51. The maximum absolute atomic E-state index is 11.8. The molecule has 20 heavy (non-hydrogen) atoms. The molecule has 5 heteroatoms. The maximum Gasteiger partial charge on any atom is 0.338 e. The summed E-state index contributed by atoms with van der Waals surface area (Å²) in [5, 5.41) is 10.5. The topological polar surface area (TPSA) is 55.8 Å². The van der Waals surface area contributed by atoms with Gasteiger partial charge in [-0.2, -0.15) is 0 Å². The summed E-state index contributed by atoms with van der Waals surface area (Å²) >= 11 is 0. The monoisotopic (exact) mass is 300 g/mol. The SMILES string of the molecule is COC(=O)[C@@]1(O)CC=C(C)[C@H](O[Si](C)(C)C(C)(C)C)C1. The molecule has 0 aromatic heterocycles. The van der Waals surface area contributed by atoms with Gasteiger partial charge in [0.1, 0.15) is 0 Å². The Bertz CT molecular complexity index is 409. The van der Waals surface area contributed by atoms with Gasteiger partial charge in [0.25, 0.3) is 0 Å². The fourth-order valence-corrected chi connectivity index (χ4v) is 3.37. The third-order valence-electron chi connectivity index (χ3n) is 4.60. The summed E-state index contributed by atoms with van der Waals surface area (Å²) in [7, 11) is -0.645. The van der Waals surface area contributed by atoms with Crippen molar-refractivity contribution in [3.05, 3.63) is 11.6 Å². The molecule has 1 N–H and O–H groups in total. The van der Waals surface area contributed by atoms with Gasteiger partial charge in [0, 0.05) is 12.8 Å². The van der Waals surface area contributed by atoms with Crippen molar-refractivity contribution in [1.82, 2.24) is 0 Å². The summed E-state index contributed by atoms with van der Waals surface area (Å²) in [5.74, 6) is -0.579. The zero-order valence-electron chi connectivity index (χ0n) is 13.7. The van der Waals surface area contributed by atoms with Crippen molar-refractivity contribution in [1.29, 1.82) is 0 Å². The van der Waals surface area contributed by atoms with Gasteiger partial charge in [-0.1, -0.05) is 26.8 Å². The Morgan fingerprint density at radius 2 is 2.00 bits per heavy atom. The van der Waals surface area contributed by atoms with Crippen LogP contribution in [0.15, 0.2) is 11.6 Å². The van der Waals surface area contributed by atoms with Crippen LogP contribution >= 0.6 is 0 Å². The molecular formula is C15H28O4Si. The lowest BCUT2D eigenvalue weighted by molar-refractivity contribution is -0.165. The second-order valence-corrected chi connectivity index (χ2v) is 12.0. The van der Waals surface area contributed by atoms with Crippen molar-refractivity contribution >= 4 is 14.3 Å². The average molecular weight is 300 g/mol. The Morgan fingerprint density at radius 3 is 2.45 bits per heavy atom. The van der Waals surface area contributed by atoms with Gasteiger partial charge in [-0.15, -0.1) is 0 Å². The van der Waals surface area contributed by atoms with E-state index in [4.69, 9.17) is 9.16 Å². The average Bonchev–Trinajstić information content (AvgIpc) is 2.31. The largest absolute Gasteiger partial charge is 0.467 e. The van der Waals surface area contributed by atoms with E-state index in [2.05, 4.69) is 33.9 Å². The highest BCUT2D eigenvalue weighted by Crippen LogP contribution is 2.40. The fourth-order valence-electron chi connectivity index (χ4n) is 2.04. The molecule has 0 fully saturated rings. The molecule has 116 valence electrons. The van der Waals surface area contributed by atoms with Crippen LogP contribution in [0.25, 0.3) is 0 Å². The molecule has 0 unspecified atom stereocenters. The van der Waals surface area contributed by atoms with Crippen LogP contribution in [0.4, 0.5) is 0 Å². The Balaban J connectivity index is 2.94. The minimum atomic E-state index is -1.95. The standard InChI is InChI=1S/C15H28O4Si/c1-11-8-9-15(17,13(16)18-5)10-12(11)19-20(6,7)14(2,3)4/h8,12,17H,9-10H2,1-7H3/t12-,15-/m1/s1. The summed E-state index contributed by atoms with van der Waals surface area (Å²) in [5.41, 5.74) is -0.371. The smallest absolute Gasteiger partial charge is 0.338 e. The molecule has 0 spiro atoms. The molecular weight excluding hydrogens is 272 g/mol. The van der Waals surface area contributed by atoms with E-state index in [1.807, 2.05) is 13.0 Å². The number of carbonyl (C=O) groups excluding carboxylic acids is 1. The molecule has 1 rings (SSSR count). The van der Waals surface area contributed by atoms with Gasteiger partial charge in [0.15, 0.2) is 13.9 Å². The van der Waals surface area contributed by atoms with E-state index < -0.39 is 19.9 Å². The predicted octanol–water partition coefficient (Wildman–Crippen LogP) is 3.02. The predicted molar refractivity (Wildman–Crippen MR) is 82.0 cm³/mol. The second kappa shape index (κ2) is 5.62. The van der Waals surface area contributed by atoms with Crippen LogP contribution in [0.2, 0.25) is 18.1 Å². The van der Waals surface area contributed by atoms with E-state index in [1.165, 1.54) is 7.11 Å². The summed E-state index contributed by atoms with van der Waals surface area (Å²) in [6.45, 7) is 12.9. The van der Waals surface area contributed by atoms with Gasteiger partial charge in [-0.25, -0.2) is 4.79 Å². The Labute approximate surface area is 123 Å². The molecule has 0 aromatic rings. The Morgan fingerprint density at radius 1 is 1.45 bits per heavy atom. The summed E-state index contributed by atoms with van der Waals surface area (Å²) in [6, 6.07) is 0. The normalized spacial score (nSPS) is 28.0. The number of methoxy groups -OCH3 is 1. The van der Waals surface area contributed by atoms with Crippen molar-refractivity contribution in [2.75, 3.05) is 7.11 Å². The number of hydrogen-bond donors (Lipinski definition) is 1. The molecule has 0 bridgehead atoms. The highest BCUT2D eigenvalue weighted by Gasteiger charge is 2.46. The van der Waals surface area contributed by atoms with E-state index in [1.54, 1.807) is 0 Å². The first kappa shape index (κ1) is 17.4. The van der Waals surface area contributed by atoms with Crippen molar-refractivity contribution in [3.8, 4) is 0 Å². The summed E-state index contributed by atoms with van der Waals surface area (Å²) in [4.78, 5) is 11.8. The second-order valence-electron chi connectivity index (χ2n) is 7.25. The molecule has 0 saturated heterocycles. The van der Waals surface area contributed by atoms with Crippen LogP contribution in [-0.2, 0) is 14.0 Å². The third-order valence-corrected chi connectivity index (χ3v) is 9.09. The molecule has 4 nitrogen and oxygen atoms in total. The Hall–Kier alpha value is -0.653. The molecule has 1 aliphatic rings. The van der Waals surface area contributed by atoms with E-state index in [9.17, 15) is 9.90 Å². The van der Waals surface area contributed by atoms with E-state index in [0.717, 1.165) is 5.57 Å². The van der Waals surface area contributed by atoms with Crippen molar-refractivity contribution in [3.63, 3.8) is 0 Å². The first-order valence-corrected chi connectivity index (χ1v) is 9.99. The lowest BCUT2D eigenvalue weighted by Gasteiger charge is -2.42. The van der Waals surface area contributed by atoms with Gasteiger partial charge >= 0.3 is 5.97 Å². The summed E-state index contributed by atoms with van der Waals surface area (Å²) in [6.07, 6.45) is 2.24. The first-order valence-electron chi connectivity index (χ1n) is 7.08. The van der Waals surface area contributed by atoms with Crippen LogP contribution in [-0.4, -0.2) is 38.2 Å². The molecule has 1 aliphatic carbocycles. The minimum absolute atomic E-state index is 0.0914. The van der Waals surface area contributed by atoms with Gasteiger partial charge < -0.3 is 14.3 Å². The molecule has 2 atom stereocenters. The van der Waals surface area contributed by atoms with E-state index in [0.29, 0.717) is 6.42 Å². The van der Waals surface area contributed by atoms with Crippen LogP contribution in [0, 0.1) is 0 Å². The van der Waals surface area contributed by atoms with Crippen LogP contribution < -0.4 is 0 Å². The quantitative estimate of drug-likeness (QED) is 0.494. The first-order chi connectivity index (χ1) is 8.93. The van der Waals surface area contributed by atoms with E-state index in [-0.39, 0.29) is 17.6 Å². The minimum Gasteiger partial charge on any atom is -0.467 e. The highest BCUT2D eigenvalue weighted by atomic mass is 28.4. The number of aliphatic hydroxyl groups is 1. The molecule has 0 saturated carbocycles. The number of esters is 1. The van der Waals surface area contributed by atoms with Crippen LogP contribution in [0.3, 0.4) is 0 Å². The number of ether oxygens (including phenoxy) is 1. The maximum atomic E-state index is 11.8. The van der Waals surface area contributed by atoms with Crippen molar-refractivity contribution < 1.29 is 19.1 Å². The number of carbonyl (C=O) groups is 1. The van der Waals surface area contributed by atoms with Crippen molar-refractivity contribution in [2.45, 2.75) is 70.4 Å². The van der Waals surface area contributed by atoms with E-state index >= 15 is 0 Å². The molecule has 0 radical (unpaired) electrons. The van der Waals surface area contributed by atoms with Gasteiger partial charge in [0.2, 0.25) is 0 Å². The van der Waals surface area contributed by atoms with Crippen LogP contribution in [0.1, 0.15) is 40.5 Å². The fraction of sp³-hybridized carbons (Fsp3) is 0.800. The van der Waals surface area contributed by atoms with Crippen molar-refractivity contribution in [2.24, 2.45) is 0 Å². The van der Waals surface area contributed by atoms with Gasteiger partial charge in [-0.3, -0.25) is 0 Å². The molecule has 0 heterocycles. The molecule has 0 amide bonds. The number of rotatable bonds is 3. The lowest BCUT2D eigenvalue weighted by atomic mass is 9.84. The highest BCUT2D eigenvalue weighted by molar-refractivity contribution is 6.74. The Kier molecular flexibility index (Phi) is 4.89. The van der Waals surface area contributed by atoms with Gasteiger partial charge in [-0.05, 0) is 30.6 Å². The molecule has 0 aliphatic heterocycles. The zero-order chi connectivity index (χ0) is 15.8. The number of hydrogen-bond acceptors (Lipinski definition) is 4. The molecule has 0 aromatic carbocycles. The zero-order valence-corrected chi connectivity index (χ0v) is 14.7. The van der Waals surface area contributed by atoms with Gasteiger partial charge in [0.05, 0.1) is 13.2 Å². The summed E-state index contributed by atoms with van der Waals surface area (Å²) < 4.78 is 11.1. The lowest BCUT2D eigenvalue weighted by Crippen LogP contribution is -2.50. The van der Waals surface area contributed by atoms with Crippen LogP contribution in [0.5, 0.6) is 0 Å².